The molecule has 1 saturated heterocycles. The monoisotopic (exact) mass is 448 g/mol. The number of benzene rings is 1. The number of hydrogen-bond donors (Lipinski definition) is 0. The first-order chi connectivity index (χ1) is 14.3. The molecule has 0 aromatic heterocycles. The van der Waals surface area contributed by atoms with E-state index in [1.165, 1.54) is 43.4 Å². The number of piperazine rings is 1. The van der Waals surface area contributed by atoms with Gasteiger partial charge in [0, 0.05) is 31.7 Å². The Bertz CT molecular complexity index is 752. The molecule has 1 aliphatic carbocycles. The minimum absolute atomic E-state index is 0. The lowest BCUT2D eigenvalue weighted by molar-refractivity contribution is -0.0573. The SMILES string of the molecule is CCCN1CCN(C2=COC(c3ccccc3C3CC(C)(C)CC(C)(C)C3)O2)CC1.Cl. The molecule has 4 nitrogen and oxygen atoms in total. The van der Waals surface area contributed by atoms with E-state index >= 15 is 0 Å². The predicted octanol–water partition coefficient (Wildman–Crippen LogP) is 6.30. The van der Waals surface area contributed by atoms with Gasteiger partial charge in [0.05, 0.1) is 0 Å². The van der Waals surface area contributed by atoms with Crippen molar-refractivity contribution < 1.29 is 9.47 Å². The molecule has 1 aromatic rings. The molecule has 2 heterocycles. The van der Waals surface area contributed by atoms with E-state index in [1.54, 1.807) is 0 Å². The summed E-state index contributed by atoms with van der Waals surface area (Å²) in [5, 5.41) is 0. The van der Waals surface area contributed by atoms with Crippen LogP contribution < -0.4 is 0 Å². The summed E-state index contributed by atoms with van der Waals surface area (Å²) in [5.74, 6) is 1.45. The van der Waals surface area contributed by atoms with Gasteiger partial charge in [0.15, 0.2) is 0 Å². The number of ether oxygens (including phenoxy) is 2. The van der Waals surface area contributed by atoms with Crippen LogP contribution in [0, 0.1) is 10.8 Å². The van der Waals surface area contributed by atoms with Gasteiger partial charge in [-0.3, -0.25) is 4.90 Å². The van der Waals surface area contributed by atoms with Crippen LogP contribution in [-0.2, 0) is 9.47 Å². The van der Waals surface area contributed by atoms with E-state index in [9.17, 15) is 0 Å². The zero-order valence-electron chi connectivity index (χ0n) is 20.0. The Hall–Kier alpha value is -1.39. The fraction of sp³-hybridized carbons (Fsp3) is 0.692. The van der Waals surface area contributed by atoms with Crippen LogP contribution in [-0.4, -0.2) is 42.5 Å². The Kier molecular flexibility index (Phi) is 7.53. The fourth-order valence-corrected chi connectivity index (χ4v) is 6.24. The molecule has 0 amide bonds. The molecule has 174 valence electrons. The summed E-state index contributed by atoms with van der Waals surface area (Å²) in [7, 11) is 0. The van der Waals surface area contributed by atoms with Crippen LogP contribution >= 0.6 is 12.4 Å². The first-order valence-electron chi connectivity index (χ1n) is 11.8. The molecule has 1 aromatic carbocycles. The van der Waals surface area contributed by atoms with Crippen molar-refractivity contribution in [2.24, 2.45) is 10.8 Å². The van der Waals surface area contributed by atoms with E-state index in [2.05, 4.69) is 68.7 Å². The molecular weight excluding hydrogens is 408 g/mol. The Morgan fingerprint density at radius 1 is 0.935 bits per heavy atom. The lowest BCUT2D eigenvalue weighted by atomic mass is 9.60. The Morgan fingerprint density at radius 2 is 1.55 bits per heavy atom. The summed E-state index contributed by atoms with van der Waals surface area (Å²) in [6.45, 7) is 17.3. The van der Waals surface area contributed by atoms with Crippen LogP contribution in [0.2, 0.25) is 0 Å². The maximum atomic E-state index is 6.36. The topological polar surface area (TPSA) is 24.9 Å². The van der Waals surface area contributed by atoms with E-state index in [0.717, 1.165) is 32.1 Å². The van der Waals surface area contributed by atoms with Crippen LogP contribution in [0.3, 0.4) is 0 Å². The molecule has 0 N–H and O–H groups in total. The third kappa shape index (κ3) is 5.70. The molecule has 31 heavy (non-hydrogen) atoms. The van der Waals surface area contributed by atoms with Crippen LogP contribution in [0.1, 0.15) is 83.6 Å². The molecule has 0 bridgehead atoms. The summed E-state index contributed by atoms with van der Waals surface area (Å²) in [4.78, 5) is 4.87. The van der Waals surface area contributed by atoms with Gasteiger partial charge in [-0.2, -0.15) is 0 Å². The third-order valence-corrected chi connectivity index (χ3v) is 6.99. The number of rotatable bonds is 5. The highest BCUT2D eigenvalue weighted by atomic mass is 35.5. The highest BCUT2D eigenvalue weighted by molar-refractivity contribution is 5.85. The minimum atomic E-state index is -0.321. The number of halogens is 1. The highest BCUT2D eigenvalue weighted by Gasteiger charge is 2.40. The summed E-state index contributed by atoms with van der Waals surface area (Å²) in [6.07, 6.45) is 6.46. The fourth-order valence-electron chi connectivity index (χ4n) is 6.24. The Morgan fingerprint density at radius 3 is 2.16 bits per heavy atom. The van der Waals surface area contributed by atoms with Crippen molar-refractivity contribution in [1.82, 2.24) is 9.80 Å². The van der Waals surface area contributed by atoms with Gasteiger partial charge in [0.1, 0.15) is 6.26 Å². The van der Waals surface area contributed by atoms with Gasteiger partial charge in [-0.05, 0) is 54.5 Å². The van der Waals surface area contributed by atoms with Crippen LogP contribution in [0.5, 0.6) is 0 Å². The quantitative estimate of drug-likeness (QED) is 0.527. The summed E-state index contributed by atoms with van der Waals surface area (Å²) < 4.78 is 12.4. The smallest absolute Gasteiger partial charge is 0.269 e. The predicted molar refractivity (Wildman–Crippen MR) is 129 cm³/mol. The van der Waals surface area contributed by atoms with Crippen molar-refractivity contribution in [3.8, 4) is 0 Å². The summed E-state index contributed by atoms with van der Waals surface area (Å²) >= 11 is 0. The van der Waals surface area contributed by atoms with Crippen molar-refractivity contribution >= 4 is 12.4 Å². The largest absolute Gasteiger partial charge is 0.453 e. The molecule has 1 saturated carbocycles. The van der Waals surface area contributed by atoms with Gasteiger partial charge >= 0.3 is 0 Å². The van der Waals surface area contributed by atoms with E-state index in [-0.39, 0.29) is 18.7 Å². The normalized spacial score (nSPS) is 25.9. The van der Waals surface area contributed by atoms with E-state index in [1.807, 2.05) is 6.26 Å². The lowest BCUT2D eigenvalue weighted by Gasteiger charge is -2.45. The second kappa shape index (κ2) is 9.62. The zero-order valence-corrected chi connectivity index (χ0v) is 20.8. The van der Waals surface area contributed by atoms with Crippen molar-refractivity contribution in [2.75, 3.05) is 32.7 Å². The van der Waals surface area contributed by atoms with Crippen LogP contribution in [0.4, 0.5) is 0 Å². The van der Waals surface area contributed by atoms with E-state index in [4.69, 9.17) is 9.47 Å². The summed E-state index contributed by atoms with van der Waals surface area (Å²) in [5.41, 5.74) is 3.33. The van der Waals surface area contributed by atoms with Gasteiger partial charge in [0.25, 0.3) is 6.29 Å². The second-order valence-electron chi connectivity index (χ2n) is 11.1. The van der Waals surface area contributed by atoms with Gasteiger partial charge in [-0.15, -0.1) is 12.4 Å². The van der Waals surface area contributed by atoms with Gasteiger partial charge < -0.3 is 14.4 Å². The third-order valence-electron chi connectivity index (χ3n) is 6.99. The molecule has 1 unspecified atom stereocenters. The standard InChI is InChI=1S/C26H40N2O2.ClH/c1-6-11-27-12-14-28(15-13-27)23-18-29-24(30-23)22-10-8-7-9-21(22)20-16-25(2,3)19-26(4,5)17-20;/h7-10,18,20,24H,6,11-17,19H2,1-5H3;1H. The average molecular weight is 449 g/mol. The summed E-state index contributed by atoms with van der Waals surface area (Å²) in [6, 6.07) is 8.78. The molecule has 1 atom stereocenters. The van der Waals surface area contributed by atoms with Crippen LogP contribution in [0.25, 0.3) is 0 Å². The van der Waals surface area contributed by atoms with E-state index < -0.39 is 0 Å². The van der Waals surface area contributed by atoms with Gasteiger partial charge in [-0.25, -0.2) is 0 Å². The molecular formula is C26H41ClN2O2. The second-order valence-corrected chi connectivity index (χ2v) is 11.1. The molecule has 2 aliphatic heterocycles. The first-order valence-corrected chi connectivity index (χ1v) is 11.8. The Balaban J connectivity index is 0.00000272. The molecule has 0 radical (unpaired) electrons. The molecule has 3 aliphatic rings. The van der Waals surface area contributed by atoms with E-state index in [0.29, 0.717) is 16.7 Å². The van der Waals surface area contributed by atoms with Gasteiger partial charge in [-0.1, -0.05) is 58.9 Å². The Labute approximate surface area is 195 Å². The maximum absolute atomic E-state index is 6.36. The van der Waals surface area contributed by atoms with Crippen molar-refractivity contribution in [3.05, 3.63) is 47.5 Å². The number of hydrogen-bond acceptors (Lipinski definition) is 4. The van der Waals surface area contributed by atoms with Crippen molar-refractivity contribution in [2.45, 2.75) is 72.5 Å². The van der Waals surface area contributed by atoms with Crippen molar-refractivity contribution in [3.63, 3.8) is 0 Å². The molecule has 2 fully saturated rings. The molecule has 0 spiro atoms. The first kappa shape index (κ1) is 24.3. The van der Waals surface area contributed by atoms with Crippen molar-refractivity contribution in [1.29, 1.82) is 0 Å². The lowest BCUT2D eigenvalue weighted by Crippen LogP contribution is -2.46. The zero-order chi connectivity index (χ0) is 21.4. The maximum Gasteiger partial charge on any atom is 0.269 e. The van der Waals surface area contributed by atoms with Crippen LogP contribution in [0.15, 0.2) is 36.4 Å². The van der Waals surface area contributed by atoms with Gasteiger partial charge in [0.2, 0.25) is 5.88 Å². The molecule has 4 rings (SSSR count). The highest BCUT2D eigenvalue weighted by Crippen LogP contribution is 2.53. The molecule has 5 heteroatoms. The minimum Gasteiger partial charge on any atom is -0.453 e. The number of nitrogens with zero attached hydrogens (tertiary/aromatic N) is 2. The average Bonchev–Trinajstić information content (AvgIpc) is 3.16.